The molecule has 0 aliphatic heterocycles. The summed E-state index contributed by atoms with van der Waals surface area (Å²) >= 11 is 3.25. The van der Waals surface area contributed by atoms with Gasteiger partial charge in [0.05, 0.1) is 0 Å². The SMILES string of the molecule is NS(=O)(=O)c1ccc(NC(=O)c2ccc(Br)cc2)cc1F. The summed E-state index contributed by atoms with van der Waals surface area (Å²) in [6.07, 6.45) is 0. The normalized spacial score (nSPS) is 11.2. The van der Waals surface area contributed by atoms with E-state index in [2.05, 4.69) is 21.2 Å². The van der Waals surface area contributed by atoms with E-state index in [9.17, 15) is 17.6 Å². The van der Waals surface area contributed by atoms with Crippen molar-refractivity contribution < 1.29 is 17.6 Å². The molecule has 0 radical (unpaired) electrons. The Morgan fingerprint density at radius 1 is 1.14 bits per heavy atom. The smallest absolute Gasteiger partial charge is 0.255 e. The molecule has 1 amide bonds. The van der Waals surface area contributed by atoms with Gasteiger partial charge in [-0.2, -0.15) is 0 Å². The summed E-state index contributed by atoms with van der Waals surface area (Å²) in [5.74, 6) is -1.46. The van der Waals surface area contributed by atoms with Crippen LogP contribution in [0.25, 0.3) is 0 Å². The van der Waals surface area contributed by atoms with Crippen molar-refractivity contribution in [3.8, 4) is 0 Å². The van der Waals surface area contributed by atoms with E-state index in [1.807, 2.05) is 0 Å². The van der Waals surface area contributed by atoms with Gasteiger partial charge < -0.3 is 5.32 Å². The Labute approximate surface area is 129 Å². The first kappa shape index (κ1) is 15.6. The number of primary sulfonamides is 1. The molecule has 21 heavy (non-hydrogen) atoms. The Balaban J connectivity index is 2.22. The van der Waals surface area contributed by atoms with Crippen LogP contribution in [0, 0.1) is 5.82 Å². The third kappa shape index (κ3) is 3.87. The van der Waals surface area contributed by atoms with Gasteiger partial charge in [-0.05, 0) is 42.5 Å². The molecule has 0 atom stereocenters. The lowest BCUT2D eigenvalue weighted by Crippen LogP contribution is -2.15. The Bertz CT molecular complexity index is 792. The summed E-state index contributed by atoms with van der Waals surface area (Å²) in [6, 6.07) is 9.74. The average molecular weight is 373 g/mol. The monoisotopic (exact) mass is 372 g/mol. The minimum atomic E-state index is -4.13. The van der Waals surface area contributed by atoms with Crippen molar-refractivity contribution in [2.45, 2.75) is 4.90 Å². The number of nitrogens with two attached hydrogens (primary N) is 1. The predicted molar refractivity (Wildman–Crippen MR) is 79.9 cm³/mol. The van der Waals surface area contributed by atoms with Gasteiger partial charge in [0.2, 0.25) is 10.0 Å². The molecule has 0 heterocycles. The van der Waals surface area contributed by atoms with Crippen LogP contribution in [0.3, 0.4) is 0 Å². The van der Waals surface area contributed by atoms with Gasteiger partial charge in [0.1, 0.15) is 10.7 Å². The summed E-state index contributed by atoms with van der Waals surface area (Å²) in [7, 11) is -4.13. The van der Waals surface area contributed by atoms with E-state index in [1.54, 1.807) is 24.3 Å². The van der Waals surface area contributed by atoms with Crippen molar-refractivity contribution in [3.05, 3.63) is 58.3 Å². The summed E-state index contributed by atoms with van der Waals surface area (Å²) in [5, 5.41) is 7.32. The highest BCUT2D eigenvalue weighted by molar-refractivity contribution is 9.10. The van der Waals surface area contributed by atoms with Crippen LogP contribution in [-0.4, -0.2) is 14.3 Å². The number of sulfonamides is 1. The zero-order valence-electron chi connectivity index (χ0n) is 10.5. The van der Waals surface area contributed by atoms with E-state index in [0.717, 1.165) is 16.6 Å². The maximum absolute atomic E-state index is 13.6. The van der Waals surface area contributed by atoms with Crippen LogP contribution in [0.1, 0.15) is 10.4 Å². The zero-order valence-corrected chi connectivity index (χ0v) is 12.9. The fraction of sp³-hybridized carbons (Fsp3) is 0. The van der Waals surface area contributed by atoms with Crippen LogP contribution in [0.2, 0.25) is 0 Å². The maximum Gasteiger partial charge on any atom is 0.255 e. The third-order valence-corrected chi connectivity index (χ3v) is 4.08. The van der Waals surface area contributed by atoms with Crippen LogP contribution < -0.4 is 10.5 Å². The molecular formula is C13H10BrFN2O3S. The molecule has 110 valence electrons. The summed E-state index contributed by atoms with van der Waals surface area (Å²) in [6.45, 7) is 0. The van der Waals surface area contributed by atoms with Gasteiger partial charge in [0.15, 0.2) is 0 Å². The molecule has 0 aliphatic carbocycles. The van der Waals surface area contributed by atoms with Crippen LogP contribution in [0.15, 0.2) is 51.8 Å². The number of hydrogen-bond acceptors (Lipinski definition) is 3. The second-order valence-corrected chi connectivity index (χ2v) is 6.60. The third-order valence-electron chi connectivity index (χ3n) is 2.60. The maximum atomic E-state index is 13.6. The van der Waals surface area contributed by atoms with Crippen molar-refractivity contribution in [2.24, 2.45) is 5.14 Å². The lowest BCUT2D eigenvalue weighted by molar-refractivity contribution is 0.102. The highest BCUT2D eigenvalue weighted by Gasteiger charge is 2.15. The lowest BCUT2D eigenvalue weighted by atomic mass is 10.2. The molecule has 0 fully saturated rings. The van der Waals surface area contributed by atoms with E-state index in [0.29, 0.717) is 5.56 Å². The molecule has 3 N–H and O–H groups in total. The van der Waals surface area contributed by atoms with Gasteiger partial charge in [-0.25, -0.2) is 17.9 Å². The number of halogens is 2. The van der Waals surface area contributed by atoms with Crippen molar-refractivity contribution in [2.75, 3.05) is 5.32 Å². The van der Waals surface area contributed by atoms with E-state index in [-0.39, 0.29) is 5.69 Å². The van der Waals surface area contributed by atoms with Crippen molar-refractivity contribution in [1.29, 1.82) is 0 Å². The molecular weight excluding hydrogens is 363 g/mol. The molecule has 8 heteroatoms. The van der Waals surface area contributed by atoms with Gasteiger partial charge in [0, 0.05) is 15.7 Å². The largest absolute Gasteiger partial charge is 0.322 e. The molecule has 0 saturated carbocycles. The molecule has 0 aliphatic rings. The molecule has 2 rings (SSSR count). The predicted octanol–water partition coefficient (Wildman–Crippen LogP) is 2.49. The molecule has 2 aromatic rings. The van der Waals surface area contributed by atoms with Crippen molar-refractivity contribution in [3.63, 3.8) is 0 Å². The summed E-state index contributed by atoms with van der Waals surface area (Å²) < 4.78 is 36.6. The number of benzene rings is 2. The molecule has 0 spiro atoms. The number of rotatable bonds is 3. The Kier molecular flexibility index (Phi) is 4.40. The van der Waals surface area contributed by atoms with Gasteiger partial charge in [0.25, 0.3) is 5.91 Å². The highest BCUT2D eigenvalue weighted by atomic mass is 79.9. The fourth-order valence-corrected chi connectivity index (χ4v) is 2.47. The number of carbonyl (C=O) groups is 1. The minimum absolute atomic E-state index is 0.132. The van der Waals surface area contributed by atoms with Gasteiger partial charge in [-0.3, -0.25) is 4.79 Å². The fourth-order valence-electron chi connectivity index (χ4n) is 1.61. The number of hydrogen-bond donors (Lipinski definition) is 2. The van der Waals surface area contributed by atoms with E-state index >= 15 is 0 Å². The molecule has 0 aromatic heterocycles. The van der Waals surface area contributed by atoms with Gasteiger partial charge in [-0.1, -0.05) is 15.9 Å². The van der Waals surface area contributed by atoms with Crippen LogP contribution in [0.5, 0.6) is 0 Å². The number of amides is 1. The van der Waals surface area contributed by atoms with Gasteiger partial charge in [-0.15, -0.1) is 0 Å². The summed E-state index contributed by atoms with van der Waals surface area (Å²) in [5.41, 5.74) is 0.516. The Hall–Kier alpha value is -1.77. The first-order chi connectivity index (χ1) is 9.77. The standard InChI is InChI=1S/C13H10BrFN2O3S/c14-9-3-1-8(2-4-9)13(18)17-10-5-6-12(11(15)7-10)21(16,19)20/h1-7H,(H,17,18)(H2,16,19,20). The van der Waals surface area contributed by atoms with E-state index < -0.39 is 26.6 Å². The average Bonchev–Trinajstić information content (AvgIpc) is 2.37. The second kappa shape index (κ2) is 5.92. The zero-order chi connectivity index (χ0) is 15.6. The van der Waals surface area contributed by atoms with E-state index in [1.165, 1.54) is 6.07 Å². The molecule has 0 bridgehead atoms. The van der Waals surface area contributed by atoms with Crippen molar-refractivity contribution >= 4 is 37.5 Å². The molecule has 0 unspecified atom stereocenters. The number of carbonyl (C=O) groups excluding carboxylic acids is 1. The topological polar surface area (TPSA) is 89.3 Å². The minimum Gasteiger partial charge on any atom is -0.322 e. The van der Waals surface area contributed by atoms with Crippen LogP contribution in [0.4, 0.5) is 10.1 Å². The first-order valence-corrected chi connectivity index (χ1v) is 8.00. The molecule has 0 saturated heterocycles. The Morgan fingerprint density at radius 2 is 1.76 bits per heavy atom. The molecule has 2 aromatic carbocycles. The summed E-state index contributed by atoms with van der Waals surface area (Å²) in [4.78, 5) is 11.3. The second-order valence-electron chi connectivity index (χ2n) is 4.15. The quantitative estimate of drug-likeness (QED) is 0.866. The van der Waals surface area contributed by atoms with Gasteiger partial charge >= 0.3 is 0 Å². The van der Waals surface area contributed by atoms with E-state index in [4.69, 9.17) is 5.14 Å². The highest BCUT2D eigenvalue weighted by Crippen LogP contribution is 2.19. The number of anilines is 1. The lowest BCUT2D eigenvalue weighted by Gasteiger charge is -2.07. The molecule has 5 nitrogen and oxygen atoms in total. The van der Waals surface area contributed by atoms with Crippen LogP contribution in [-0.2, 0) is 10.0 Å². The van der Waals surface area contributed by atoms with Crippen LogP contribution >= 0.6 is 15.9 Å². The Morgan fingerprint density at radius 3 is 2.29 bits per heavy atom. The first-order valence-electron chi connectivity index (χ1n) is 5.66. The number of nitrogens with one attached hydrogen (secondary N) is 1. The van der Waals surface area contributed by atoms with Crippen molar-refractivity contribution in [1.82, 2.24) is 0 Å².